The van der Waals surface area contributed by atoms with Crippen molar-refractivity contribution in [1.82, 2.24) is 20.6 Å². The van der Waals surface area contributed by atoms with E-state index in [0.717, 1.165) is 6.42 Å². The van der Waals surface area contributed by atoms with Crippen molar-refractivity contribution < 1.29 is 19.1 Å². The standard InChI is InChI=1S/C12H16N4O4/c1-2-3-15-10(17)7-16-11(18)8-20-12(19)9-6-13-4-5-14-9/h4-6H,2-3,7-8H2,1H3,(H,15,17)(H,16,18). The smallest absolute Gasteiger partial charge is 0.359 e. The lowest BCUT2D eigenvalue weighted by Crippen LogP contribution is -2.38. The second kappa shape index (κ2) is 8.57. The van der Waals surface area contributed by atoms with E-state index in [4.69, 9.17) is 4.74 Å². The van der Waals surface area contributed by atoms with Gasteiger partial charge in [-0.3, -0.25) is 14.6 Å². The van der Waals surface area contributed by atoms with Crippen molar-refractivity contribution in [2.75, 3.05) is 19.7 Å². The second-order valence-electron chi connectivity index (χ2n) is 3.79. The van der Waals surface area contributed by atoms with E-state index in [9.17, 15) is 14.4 Å². The maximum absolute atomic E-state index is 11.4. The molecule has 0 atom stereocenters. The number of nitrogens with one attached hydrogen (secondary N) is 2. The zero-order valence-corrected chi connectivity index (χ0v) is 11.1. The number of hydrogen-bond acceptors (Lipinski definition) is 6. The third kappa shape index (κ3) is 5.89. The first-order chi connectivity index (χ1) is 9.63. The highest BCUT2D eigenvalue weighted by molar-refractivity contribution is 5.90. The van der Waals surface area contributed by atoms with Crippen molar-refractivity contribution in [1.29, 1.82) is 0 Å². The molecule has 20 heavy (non-hydrogen) atoms. The minimum absolute atomic E-state index is 0.0148. The molecule has 1 aromatic heterocycles. The minimum atomic E-state index is -0.747. The lowest BCUT2D eigenvalue weighted by Gasteiger charge is -2.06. The second-order valence-corrected chi connectivity index (χ2v) is 3.79. The Labute approximate surface area is 115 Å². The topological polar surface area (TPSA) is 110 Å². The molecule has 0 aliphatic heterocycles. The van der Waals surface area contributed by atoms with Crippen LogP contribution >= 0.6 is 0 Å². The SMILES string of the molecule is CCCNC(=O)CNC(=O)COC(=O)c1cnccn1. The first-order valence-corrected chi connectivity index (χ1v) is 6.10. The van der Waals surface area contributed by atoms with Crippen molar-refractivity contribution in [3.05, 3.63) is 24.3 Å². The molecule has 1 rings (SSSR count). The Kier molecular flexibility index (Phi) is 6.66. The third-order valence-corrected chi connectivity index (χ3v) is 2.12. The average Bonchev–Trinajstić information content (AvgIpc) is 2.49. The zero-order valence-electron chi connectivity index (χ0n) is 11.1. The predicted molar refractivity (Wildman–Crippen MR) is 68.6 cm³/mol. The van der Waals surface area contributed by atoms with E-state index in [2.05, 4.69) is 20.6 Å². The molecule has 0 saturated heterocycles. The Morgan fingerprint density at radius 2 is 2.00 bits per heavy atom. The Morgan fingerprint density at radius 1 is 1.20 bits per heavy atom. The van der Waals surface area contributed by atoms with Crippen LogP contribution in [0.2, 0.25) is 0 Å². The number of amides is 2. The molecule has 2 amide bonds. The van der Waals surface area contributed by atoms with Crippen molar-refractivity contribution in [2.24, 2.45) is 0 Å². The van der Waals surface area contributed by atoms with Gasteiger partial charge < -0.3 is 15.4 Å². The fourth-order valence-electron chi connectivity index (χ4n) is 1.17. The van der Waals surface area contributed by atoms with Crippen LogP contribution in [0, 0.1) is 0 Å². The van der Waals surface area contributed by atoms with Crippen LogP contribution in [0.3, 0.4) is 0 Å². The molecule has 0 spiro atoms. The highest BCUT2D eigenvalue weighted by Gasteiger charge is 2.11. The Hall–Kier alpha value is -2.51. The largest absolute Gasteiger partial charge is 0.451 e. The van der Waals surface area contributed by atoms with Crippen LogP contribution in [0.25, 0.3) is 0 Å². The molecule has 0 bridgehead atoms. The van der Waals surface area contributed by atoms with E-state index in [0.29, 0.717) is 6.54 Å². The van der Waals surface area contributed by atoms with Gasteiger partial charge >= 0.3 is 5.97 Å². The summed E-state index contributed by atoms with van der Waals surface area (Å²) in [5.74, 6) is -1.60. The predicted octanol–water partition coefficient (Wildman–Crippen LogP) is -0.724. The van der Waals surface area contributed by atoms with Gasteiger partial charge in [0.1, 0.15) is 0 Å². The maximum Gasteiger partial charge on any atom is 0.359 e. The monoisotopic (exact) mass is 280 g/mol. The molecular weight excluding hydrogens is 264 g/mol. The minimum Gasteiger partial charge on any atom is -0.451 e. The summed E-state index contributed by atoms with van der Waals surface area (Å²) in [5, 5.41) is 4.93. The van der Waals surface area contributed by atoms with Crippen molar-refractivity contribution in [3.8, 4) is 0 Å². The van der Waals surface area contributed by atoms with E-state index in [1.165, 1.54) is 18.6 Å². The molecule has 0 aliphatic rings. The fraction of sp³-hybridized carbons (Fsp3) is 0.417. The van der Waals surface area contributed by atoms with E-state index < -0.39 is 18.5 Å². The molecule has 0 unspecified atom stereocenters. The molecule has 0 aromatic carbocycles. The summed E-state index contributed by atoms with van der Waals surface area (Å²) in [4.78, 5) is 41.4. The van der Waals surface area contributed by atoms with Crippen LogP contribution in [0.1, 0.15) is 23.8 Å². The van der Waals surface area contributed by atoms with E-state index >= 15 is 0 Å². The first kappa shape index (κ1) is 15.5. The highest BCUT2D eigenvalue weighted by Crippen LogP contribution is 1.93. The lowest BCUT2D eigenvalue weighted by atomic mass is 10.4. The lowest BCUT2D eigenvalue weighted by molar-refractivity contribution is -0.127. The highest BCUT2D eigenvalue weighted by atomic mass is 16.5. The third-order valence-electron chi connectivity index (χ3n) is 2.12. The average molecular weight is 280 g/mol. The van der Waals surface area contributed by atoms with Crippen LogP contribution in [-0.4, -0.2) is 47.4 Å². The number of aromatic nitrogens is 2. The van der Waals surface area contributed by atoms with Crippen LogP contribution in [-0.2, 0) is 14.3 Å². The number of rotatable bonds is 7. The van der Waals surface area contributed by atoms with Gasteiger partial charge in [-0.2, -0.15) is 0 Å². The zero-order chi connectivity index (χ0) is 14.8. The first-order valence-electron chi connectivity index (χ1n) is 6.10. The summed E-state index contributed by atoms with van der Waals surface area (Å²) in [6.07, 6.45) is 4.81. The molecule has 8 nitrogen and oxygen atoms in total. The van der Waals surface area contributed by atoms with Gasteiger partial charge in [0.2, 0.25) is 5.91 Å². The van der Waals surface area contributed by atoms with Gasteiger partial charge in [0.05, 0.1) is 12.7 Å². The Bertz CT molecular complexity index is 464. The molecule has 0 saturated carbocycles. The van der Waals surface area contributed by atoms with E-state index in [1.807, 2.05) is 6.92 Å². The summed E-state index contributed by atoms with van der Waals surface area (Å²) < 4.78 is 4.72. The maximum atomic E-state index is 11.4. The van der Waals surface area contributed by atoms with Crippen LogP contribution in [0.4, 0.5) is 0 Å². The fourth-order valence-corrected chi connectivity index (χ4v) is 1.17. The number of hydrogen-bond donors (Lipinski definition) is 2. The normalized spacial score (nSPS) is 9.65. The summed E-state index contributed by atoms with van der Waals surface area (Å²) in [6, 6.07) is 0. The van der Waals surface area contributed by atoms with Gasteiger partial charge in [-0.1, -0.05) is 6.92 Å². The van der Waals surface area contributed by atoms with Crippen molar-refractivity contribution in [3.63, 3.8) is 0 Å². The van der Waals surface area contributed by atoms with Crippen LogP contribution in [0.15, 0.2) is 18.6 Å². The summed E-state index contributed by atoms with van der Waals surface area (Å²) >= 11 is 0. The van der Waals surface area contributed by atoms with Gasteiger partial charge in [0.15, 0.2) is 12.3 Å². The molecule has 0 radical (unpaired) electrons. The molecular formula is C12H16N4O4. The summed E-state index contributed by atoms with van der Waals surface area (Å²) in [6.45, 7) is 1.85. The van der Waals surface area contributed by atoms with Gasteiger partial charge in [-0.15, -0.1) is 0 Å². The molecule has 0 aliphatic carbocycles. The summed E-state index contributed by atoms with van der Waals surface area (Å²) in [7, 11) is 0. The quantitative estimate of drug-likeness (QED) is 0.637. The number of esters is 1. The molecule has 0 fully saturated rings. The van der Waals surface area contributed by atoms with Crippen LogP contribution < -0.4 is 10.6 Å². The van der Waals surface area contributed by atoms with Gasteiger partial charge in [0.25, 0.3) is 5.91 Å². The molecule has 1 heterocycles. The van der Waals surface area contributed by atoms with Crippen LogP contribution in [0.5, 0.6) is 0 Å². The number of nitrogens with zero attached hydrogens (tertiary/aromatic N) is 2. The van der Waals surface area contributed by atoms with E-state index in [-0.39, 0.29) is 18.1 Å². The Balaban J connectivity index is 2.23. The van der Waals surface area contributed by atoms with Gasteiger partial charge in [-0.05, 0) is 6.42 Å². The van der Waals surface area contributed by atoms with E-state index in [1.54, 1.807) is 0 Å². The number of carbonyl (C=O) groups excluding carboxylic acids is 3. The number of ether oxygens (including phenoxy) is 1. The van der Waals surface area contributed by atoms with Crippen molar-refractivity contribution >= 4 is 17.8 Å². The number of carbonyl (C=O) groups is 3. The summed E-state index contributed by atoms with van der Waals surface area (Å²) in [5.41, 5.74) is 0.0148. The molecule has 8 heteroatoms. The Morgan fingerprint density at radius 3 is 2.65 bits per heavy atom. The van der Waals surface area contributed by atoms with Crippen molar-refractivity contribution in [2.45, 2.75) is 13.3 Å². The molecule has 108 valence electrons. The van der Waals surface area contributed by atoms with Gasteiger partial charge in [0, 0.05) is 18.9 Å². The van der Waals surface area contributed by atoms with Gasteiger partial charge in [-0.25, -0.2) is 9.78 Å². The molecule has 2 N–H and O–H groups in total. The molecule has 1 aromatic rings.